The SMILES string of the molecule is CC(O)(c1ccccc1)c1cnc(OC2CC2)c2cnc(Cl)cc12. The lowest BCUT2D eigenvalue weighted by atomic mass is 9.87. The summed E-state index contributed by atoms with van der Waals surface area (Å²) in [6, 6.07) is 11.3. The highest BCUT2D eigenvalue weighted by Gasteiger charge is 2.30. The molecule has 1 aromatic carbocycles. The zero-order valence-corrected chi connectivity index (χ0v) is 14.0. The number of pyridine rings is 2. The smallest absolute Gasteiger partial charge is 0.223 e. The van der Waals surface area contributed by atoms with E-state index in [9.17, 15) is 5.11 Å². The average Bonchev–Trinajstić information content (AvgIpc) is 3.39. The summed E-state index contributed by atoms with van der Waals surface area (Å²) < 4.78 is 5.88. The van der Waals surface area contributed by atoms with E-state index in [0.717, 1.165) is 29.2 Å². The van der Waals surface area contributed by atoms with Crippen LogP contribution >= 0.6 is 11.6 Å². The van der Waals surface area contributed by atoms with Crippen molar-refractivity contribution in [3.63, 3.8) is 0 Å². The third-order valence-electron chi connectivity index (χ3n) is 4.37. The molecule has 5 heteroatoms. The second kappa shape index (κ2) is 5.72. The highest BCUT2D eigenvalue weighted by molar-refractivity contribution is 6.30. The summed E-state index contributed by atoms with van der Waals surface area (Å²) in [5.74, 6) is 0.546. The Morgan fingerprint density at radius 2 is 1.88 bits per heavy atom. The molecule has 1 aliphatic carbocycles. The largest absolute Gasteiger partial charge is 0.474 e. The van der Waals surface area contributed by atoms with Crippen molar-refractivity contribution in [2.75, 3.05) is 0 Å². The molecule has 0 radical (unpaired) electrons. The Labute approximate surface area is 145 Å². The van der Waals surface area contributed by atoms with E-state index >= 15 is 0 Å². The second-order valence-electron chi connectivity index (χ2n) is 6.29. The van der Waals surface area contributed by atoms with Crippen molar-refractivity contribution < 1.29 is 9.84 Å². The molecular formula is C19H17ClN2O2. The van der Waals surface area contributed by atoms with Crippen LogP contribution in [0.25, 0.3) is 10.8 Å². The topological polar surface area (TPSA) is 55.2 Å². The van der Waals surface area contributed by atoms with Gasteiger partial charge in [-0.2, -0.15) is 0 Å². The minimum atomic E-state index is -1.20. The lowest BCUT2D eigenvalue weighted by Gasteiger charge is -2.26. The number of fused-ring (bicyclic) bond motifs is 1. The molecule has 0 saturated heterocycles. The number of nitrogens with zero attached hydrogens (tertiary/aromatic N) is 2. The molecule has 1 N–H and O–H groups in total. The van der Waals surface area contributed by atoms with Gasteiger partial charge in [0.25, 0.3) is 0 Å². The van der Waals surface area contributed by atoms with Crippen LogP contribution in [0.5, 0.6) is 5.88 Å². The molecule has 2 aromatic heterocycles. The van der Waals surface area contributed by atoms with Crippen LogP contribution < -0.4 is 4.74 Å². The first kappa shape index (κ1) is 15.4. The molecule has 3 aromatic rings. The van der Waals surface area contributed by atoms with Gasteiger partial charge in [0, 0.05) is 18.0 Å². The minimum absolute atomic E-state index is 0.233. The van der Waals surface area contributed by atoms with Crippen molar-refractivity contribution in [3.05, 3.63) is 65.1 Å². The van der Waals surface area contributed by atoms with Gasteiger partial charge in [0.15, 0.2) is 0 Å². The van der Waals surface area contributed by atoms with E-state index in [2.05, 4.69) is 9.97 Å². The van der Waals surface area contributed by atoms with E-state index < -0.39 is 5.60 Å². The van der Waals surface area contributed by atoms with Gasteiger partial charge in [-0.25, -0.2) is 9.97 Å². The highest BCUT2D eigenvalue weighted by atomic mass is 35.5. The summed E-state index contributed by atoms with van der Waals surface area (Å²) in [6.07, 6.45) is 5.66. The van der Waals surface area contributed by atoms with Gasteiger partial charge < -0.3 is 9.84 Å². The fourth-order valence-corrected chi connectivity index (χ4v) is 2.99. The molecule has 4 nitrogen and oxygen atoms in total. The fraction of sp³-hybridized carbons (Fsp3) is 0.263. The number of halogens is 1. The molecule has 0 aliphatic heterocycles. The summed E-state index contributed by atoms with van der Waals surface area (Å²) in [4.78, 5) is 8.60. The summed E-state index contributed by atoms with van der Waals surface area (Å²) in [6.45, 7) is 1.76. The third kappa shape index (κ3) is 2.72. The van der Waals surface area contributed by atoms with Gasteiger partial charge in [-0.05, 0) is 36.8 Å². The van der Waals surface area contributed by atoms with Crippen LogP contribution in [0.1, 0.15) is 30.9 Å². The number of hydrogen-bond donors (Lipinski definition) is 1. The van der Waals surface area contributed by atoms with Crippen LogP contribution in [0.4, 0.5) is 0 Å². The maximum absolute atomic E-state index is 11.2. The molecule has 1 fully saturated rings. The van der Waals surface area contributed by atoms with Crippen LogP contribution in [0.2, 0.25) is 5.15 Å². The van der Waals surface area contributed by atoms with Crippen molar-refractivity contribution in [1.82, 2.24) is 9.97 Å². The molecule has 1 aliphatic rings. The van der Waals surface area contributed by atoms with E-state index in [1.165, 1.54) is 0 Å². The Morgan fingerprint density at radius 3 is 2.58 bits per heavy atom. The number of rotatable bonds is 4. The zero-order valence-electron chi connectivity index (χ0n) is 13.2. The number of aliphatic hydroxyl groups is 1. The van der Waals surface area contributed by atoms with Gasteiger partial charge in [-0.15, -0.1) is 0 Å². The number of hydrogen-bond acceptors (Lipinski definition) is 4. The first-order valence-electron chi connectivity index (χ1n) is 7.95. The van der Waals surface area contributed by atoms with Crippen LogP contribution in [0.3, 0.4) is 0 Å². The van der Waals surface area contributed by atoms with E-state index in [1.807, 2.05) is 30.3 Å². The predicted molar refractivity (Wildman–Crippen MR) is 93.3 cm³/mol. The lowest BCUT2D eigenvalue weighted by molar-refractivity contribution is 0.103. The van der Waals surface area contributed by atoms with Gasteiger partial charge in [0.2, 0.25) is 5.88 Å². The van der Waals surface area contributed by atoms with Crippen LogP contribution in [-0.2, 0) is 5.60 Å². The average molecular weight is 341 g/mol. The first-order valence-corrected chi connectivity index (χ1v) is 8.33. The van der Waals surface area contributed by atoms with Gasteiger partial charge in [-0.3, -0.25) is 0 Å². The Bertz CT molecular complexity index is 893. The van der Waals surface area contributed by atoms with Crippen molar-refractivity contribution >= 4 is 22.4 Å². The maximum atomic E-state index is 11.2. The van der Waals surface area contributed by atoms with Crippen LogP contribution in [-0.4, -0.2) is 21.2 Å². The van der Waals surface area contributed by atoms with Crippen molar-refractivity contribution in [2.24, 2.45) is 0 Å². The predicted octanol–water partition coefficient (Wildman–Crippen LogP) is 4.08. The van der Waals surface area contributed by atoms with Gasteiger partial charge in [-0.1, -0.05) is 41.9 Å². The van der Waals surface area contributed by atoms with Crippen LogP contribution in [0, 0.1) is 0 Å². The van der Waals surface area contributed by atoms with E-state index in [0.29, 0.717) is 16.6 Å². The van der Waals surface area contributed by atoms with E-state index in [4.69, 9.17) is 16.3 Å². The summed E-state index contributed by atoms with van der Waals surface area (Å²) in [5.41, 5.74) is 0.267. The van der Waals surface area contributed by atoms with Gasteiger partial charge in [0.1, 0.15) is 16.9 Å². The molecule has 4 rings (SSSR count). The monoisotopic (exact) mass is 340 g/mol. The van der Waals surface area contributed by atoms with E-state index in [1.54, 1.807) is 25.4 Å². The molecule has 2 heterocycles. The summed E-state index contributed by atoms with van der Waals surface area (Å²) >= 11 is 6.10. The molecule has 24 heavy (non-hydrogen) atoms. The molecule has 1 unspecified atom stereocenters. The first-order chi connectivity index (χ1) is 11.6. The maximum Gasteiger partial charge on any atom is 0.223 e. The molecule has 1 saturated carbocycles. The van der Waals surface area contributed by atoms with E-state index in [-0.39, 0.29) is 6.10 Å². The lowest BCUT2D eigenvalue weighted by Crippen LogP contribution is -2.23. The summed E-state index contributed by atoms with van der Waals surface area (Å²) in [7, 11) is 0. The Hall–Kier alpha value is -2.17. The summed E-state index contributed by atoms with van der Waals surface area (Å²) in [5, 5.41) is 13.1. The third-order valence-corrected chi connectivity index (χ3v) is 4.57. The molecule has 0 spiro atoms. The zero-order chi connectivity index (χ0) is 16.7. The quantitative estimate of drug-likeness (QED) is 0.727. The van der Waals surface area contributed by atoms with Gasteiger partial charge >= 0.3 is 0 Å². The Balaban J connectivity index is 1.90. The Morgan fingerprint density at radius 1 is 1.12 bits per heavy atom. The van der Waals surface area contributed by atoms with Gasteiger partial charge in [0.05, 0.1) is 5.39 Å². The molecular weight excluding hydrogens is 324 g/mol. The van der Waals surface area contributed by atoms with Crippen molar-refractivity contribution in [1.29, 1.82) is 0 Å². The Kier molecular flexibility index (Phi) is 3.66. The number of benzene rings is 1. The molecule has 1 atom stereocenters. The van der Waals surface area contributed by atoms with Crippen LogP contribution in [0.15, 0.2) is 48.8 Å². The normalized spacial score (nSPS) is 16.8. The highest BCUT2D eigenvalue weighted by Crippen LogP contribution is 2.38. The van der Waals surface area contributed by atoms with Crippen molar-refractivity contribution in [3.8, 4) is 5.88 Å². The molecule has 0 amide bonds. The molecule has 0 bridgehead atoms. The standard InChI is InChI=1S/C19H17ClN2O2/c1-19(23,12-5-3-2-4-6-12)16-11-22-18(24-13-7-8-13)15-10-21-17(20)9-14(15)16/h2-6,9-11,13,23H,7-8H2,1H3. The minimum Gasteiger partial charge on any atom is -0.474 e. The number of ether oxygens (including phenoxy) is 1. The van der Waals surface area contributed by atoms with Crippen molar-refractivity contribution in [2.45, 2.75) is 31.5 Å². The second-order valence-corrected chi connectivity index (χ2v) is 6.67. The molecule has 122 valence electrons. The number of aromatic nitrogens is 2. The fourth-order valence-electron chi connectivity index (χ4n) is 2.83.